The van der Waals surface area contributed by atoms with Crippen molar-refractivity contribution in [2.75, 3.05) is 37.0 Å². The van der Waals surface area contributed by atoms with Crippen molar-refractivity contribution in [2.45, 2.75) is 144 Å². The lowest BCUT2D eigenvalue weighted by Gasteiger charge is -2.30. The number of hydrogen-bond acceptors (Lipinski definition) is 19. The van der Waals surface area contributed by atoms with Crippen molar-refractivity contribution in [3.05, 3.63) is 215 Å². The second kappa shape index (κ2) is 45.5. The van der Waals surface area contributed by atoms with Gasteiger partial charge >= 0.3 is 31.8 Å². The molecule has 0 unspecified atom stereocenters. The number of esters is 2. The number of sulfonamides is 2. The summed E-state index contributed by atoms with van der Waals surface area (Å²) in [4.78, 5) is 43.9. The van der Waals surface area contributed by atoms with E-state index in [-0.39, 0.29) is 101 Å². The lowest BCUT2D eigenvalue weighted by molar-refractivity contribution is -0.378. The van der Waals surface area contributed by atoms with Crippen LogP contribution in [0, 0.1) is 17.8 Å². The second-order valence-electron chi connectivity index (χ2n) is 27.9. The minimum atomic E-state index is -3.98. The van der Waals surface area contributed by atoms with E-state index in [1.807, 2.05) is 26.0 Å². The topological polar surface area (TPSA) is 361 Å². The molecule has 5 aliphatic rings. The molecule has 24 nitrogen and oxygen atoms in total. The zero-order valence-corrected chi connectivity index (χ0v) is 73.5. The number of rotatable bonds is 30. The van der Waals surface area contributed by atoms with Gasteiger partial charge in [-0.1, -0.05) is 156 Å². The largest absolute Gasteiger partial charge is 0.870 e. The normalized spacial score (nSPS) is 16.1. The average molecular weight is 1980 g/mol. The van der Waals surface area contributed by atoms with Gasteiger partial charge in [-0.3, -0.25) is 14.4 Å². The lowest BCUT2D eigenvalue weighted by Crippen LogP contribution is -2.43. The summed E-state index contributed by atoms with van der Waals surface area (Å²) in [5.74, 6) is -0.0109. The van der Waals surface area contributed by atoms with Crippen LogP contribution in [0.2, 0.25) is 30.1 Å². The maximum absolute atomic E-state index is 13.4. The zero-order valence-electron chi connectivity index (χ0n) is 63.4. The number of benzene rings is 5. The number of aromatic nitrogens is 3. The van der Waals surface area contributed by atoms with Crippen molar-refractivity contribution in [2.24, 2.45) is 17.8 Å². The first-order valence-electron chi connectivity index (χ1n) is 35.7. The van der Waals surface area contributed by atoms with Gasteiger partial charge in [0.1, 0.15) is 54.2 Å². The third kappa shape index (κ3) is 28.9. The number of ether oxygens (including phenoxy) is 8. The molecule has 0 saturated heterocycles. The Labute approximate surface area is 734 Å². The van der Waals surface area contributed by atoms with Crippen LogP contribution in [-0.2, 0) is 74.2 Å². The Bertz CT molecular complexity index is 4960. The molecule has 3 aliphatic carbocycles. The molecule has 650 valence electrons. The van der Waals surface area contributed by atoms with E-state index in [4.69, 9.17) is 105 Å². The molecular weight excluding hydrogens is 1900 g/mol. The number of pyridine rings is 3. The Morgan fingerprint density at radius 1 is 0.496 bits per heavy atom. The van der Waals surface area contributed by atoms with Crippen molar-refractivity contribution in [3.63, 3.8) is 0 Å². The first-order chi connectivity index (χ1) is 54.9. The van der Waals surface area contributed by atoms with E-state index in [0.29, 0.717) is 102 Å². The summed E-state index contributed by atoms with van der Waals surface area (Å²) in [5, 5.41) is 12.5. The van der Waals surface area contributed by atoms with Crippen molar-refractivity contribution in [3.8, 4) is 34.5 Å². The number of alkyl halides is 8. The highest BCUT2D eigenvalue weighted by molar-refractivity contribution is 9.09. The average Bonchev–Trinajstić information content (AvgIpc) is 1.58. The van der Waals surface area contributed by atoms with Crippen LogP contribution in [0.3, 0.4) is 0 Å². The van der Waals surface area contributed by atoms with Gasteiger partial charge < -0.3 is 59.4 Å². The monoisotopic (exact) mass is 1970 g/mol. The summed E-state index contributed by atoms with van der Waals surface area (Å²) in [6.07, 6.45) is 13.1. The molecule has 5 aromatic carbocycles. The van der Waals surface area contributed by atoms with Crippen molar-refractivity contribution < 1.29 is 132 Å². The standard InChI is InChI=1S/C29H28Cl2F2N2O6S.C20H18BrCl2F2NO4.C18H17Cl2F2NO3.C9H11NO2S.C2H2BrClO.3H2O/c1-29(2)20-5-3-4-6-26(20)42(37,38)35(29)15-27(36)40-24(12-19-21(30)13-34-14-22(19)31)18-9-10-23(41-28(32)33)25(11-18)39-16-17-7-8-17;21-7-19(27)29-17(6-13-14(22)8-26-9-15(13)23)12-3-4-16(30-20(24)25)18(5-12)28-10-11-1-2-11;19-13-7-23-8-14(20)12(13)6-15(24)11-3-4-16(26-18(21)22)17(5-11)25-9-10-1-2-10;1-9(2)7-5-3-4-6-8(7)13(11,12)10-9;3-1-2(4)5;;;/h3-6,9-11,13-14,17,24,28H,7-8,12,15-16H2,1-2H3;3-5,8-9,11,17,20H,1-2,6-7,10H2;3-5,7-8,10,15,18,24H,1-2,6,9H2;3-6,10H,1-2H3;1H2;3*1H2/t24-;17-;15-;;;;;/m000...../s1. The number of halogens is 15. The van der Waals surface area contributed by atoms with E-state index in [0.717, 1.165) is 48.4 Å². The molecule has 0 bridgehead atoms. The summed E-state index contributed by atoms with van der Waals surface area (Å²) in [6, 6.07) is 26.8. The van der Waals surface area contributed by atoms with Crippen LogP contribution >= 0.6 is 113 Å². The molecule has 3 saturated carbocycles. The maximum Gasteiger partial charge on any atom is 0.387 e. The minimum absolute atomic E-state index is 0. The molecule has 8 N–H and O–H groups in total. The fourth-order valence-corrected chi connectivity index (χ4v) is 17.5. The number of aliphatic hydroxyl groups is 1. The number of carbonyl (C=O) groups is 3. The summed E-state index contributed by atoms with van der Waals surface area (Å²) < 4.78 is 173. The number of fused-ring (bicyclic) bond motifs is 2. The summed E-state index contributed by atoms with van der Waals surface area (Å²) in [5.41, 5.74) is 2.99. The third-order valence-corrected chi connectivity index (χ3v) is 25.6. The van der Waals surface area contributed by atoms with Crippen LogP contribution in [0.1, 0.15) is 129 Å². The van der Waals surface area contributed by atoms with Gasteiger partial charge in [0.15, 0.2) is 71.7 Å². The highest BCUT2D eigenvalue weighted by atomic mass is 79.9. The zero-order chi connectivity index (χ0) is 84.6. The third-order valence-electron chi connectivity index (χ3n) is 18.4. The quantitative estimate of drug-likeness (QED) is 0.0183. The number of nitrogens with zero attached hydrogens (tertiary/aromatic N) is 1. The van der Waals surface area contributed by atoms with E-state index < -0.39 is 87.8 Å². The molecule has 119 heavy (non-hydrogen) atoms. The SMILES string of the molecule is CC1(C)NS(=O)(=O)c2ccccc21.CC1(C)c2ccccc2S(=O)(=O)N1CC(=O)O[C@@H](Cc1c(Cl)c[nH+]cc1Cl)c1ccc(OC(F)F)c(OCC2CC2)c1.O=C(CBr)O[C@@H](Cc1c(Cl)c[nH+]cc1Cl)c1ccc(OC(F)F)c(OCC2CC2)c1.O=C(Cl)CBr.O[C@@H](Cc1c(Cl)c[nH+]cc1Cl)c1ccc(OC(F)F)c(OCC2CC2)c1.[OH-].[OH-].[OH-]. The molecule has 41 heteroatoms. The van der Waals surface area contributed by atoms with E-state index in [1.54, 1.807) is 81.1 Å². The van der Waals surface area contributed by atoms with Crippen LogP contribution in [-0.4, -0.2) is 117 Å². The van der Waals surface area contributed by atoms with Crippen LogP contribution in [0.5, 0.6) is 34.5 Å². The van der Waals surface area contributed by atoms with Crippen molar-refractivity contribution in [1.82, 2.24) is 9.03 Å². The smallest absolute Gasteiger partial charge is 0.387 e. The van der Waals surface area contributed by atoms with Crippen LogP contribution in [0.25, 0.3) is 0 Å². The Kier molecular flexibility index (Phi) is 38.6. The Morgan fingerprint density at radius 3 is 1.18 bits per heavy atom. The molecule has 3 fully saturated rings. The van der Waals surface area contributed by atoms with E-state index in [9.17, 15) is 62.7 Å². The number of H-pyrrole nitrogens is 3. The van der Waals surface area contributed by atoms with Gasteiger partial charge in [-0.2, -0.15) is 30.6 Å². The van der Waals surface area contributed by atoms with Gasteiger partial charge in [-0.25, -0.2) is 36.5 Å². The van der Waals surface area contributed by atoms with E-state index >= 15 is 0 Å². The van der Waals surface area contributed by atoms with E-state index in [1.165, 1.54) is 60.9 Å². The van der Waals surface area contributed by atoms with Crippen molar-refractivity contribution in [1.29, 1.82) is 0 Å². The molecular formula is C78H82Br2Cl7F6N5O19S2. The molecule has 2 aliphatic heterocycles. The predicted octanol–water partition coefficient (Wildman–Crippen LogP) is 17.7. The molecule has 8 aromatic rings. The van der Waals surface area contributed by atoms with Gasteiger partial charge in [0, 0.05) is 36.0 Å². The van der Waals surface area contributed by atoms with E-state index in [2.05, 4.69) is 65.7 Å². The van der Waals surface area contributed by atoms with Gasteiger partial charge in [-0.05, 0) is 172 Å². The Morgan fingerprint density at radius 2 is 0.832 bits per heavy atom. The highest BCUT2D eigenvalue weighted by Gasteiger charge is 2.49. The van der Waals surface area contributed by atoms with Crippen LogP contribution in [0.4, 0.5) is 26.3 Å². The van der Waals surface area contributed by atoms with Gasteiger partial charge in [0.2, 0.25) is 25.3 Å². The molecule has 13 rings (SSSR count). The molecule has 5 heterocycles. The van der Waals surface area contributed by atoms with Crippen molar-refractivity contribution >= 4 is 150 Å². The molecule has 3 atom stereocenters. The number of hydrogen-bond donors (Lipinski definition) is 2. The molecule has 0 spiro atoms. The number of aromatic amines is 3. The fraction of sp³-hybridized carbons (Fsp3) is 0.385. The maximum atomic E-state index is 13.4. The Balaban J connectivity index is 0.000000252. The first kappa shape index (κ1) is 101. The molecule has 3 aromatic heterocycles. The summed E-state index contributed by atoms with van der Waals surface area (Å²) in [6.45, 7) is -1.27. The molecule has 0 radical (unpaired) electrons. The number of aliphatic hydroxyl groups excluding tert-OH is 1. The minimum Gasteiger partial charge on any atom is -0.870 e. The van der Waals surface area contributed by atoms with Crippen LogP contribution in [0.15, 0.2) is 150 Å². The number of nitrogens with one attached hydrogen (secondary N) is 4. The van der Waals surface area contributed by atoms with Gasteiger partial charge in [-0.15, -0.1) is 0 Å². The highest BCUT2D eigenvalue weighted by Crippen LogP contribution is 2.46. The fourth-order valence-electron chi connectivity index (χ4n) is 11.9. The lowest BCUT2D eigenvalue weighted by atomic mass is 9.94. The van der Waals surface area contributed by atoms with Gasteiger partial charge in [0.05, 0.1) is 52.1 Å². The first-order valence-corrected chi connectivity index (χ1v) is 43.5. The Hall–Kier alpha value is -6.81. The summed E-state index contributed by atoms with van der Waals surface area (Å²) >= 11 is 48.2. The number of carbonyl (C=O) groups excluding carboxylic acids is 3. The van der Waals surface area contributed by atoms with Gasteiger partial charge in [0.25, 0.3) is 0 Å². The molecule has 0 amide bonds. The second-order valence-corrected chi connectivity index (χ2v) is 35.4. The summed E-state index contributed by atoms with van der Waals surface area (Å²) in [7, 11) is -7.24. The van der Waals surface area contributed by atoms with Crippen LogP contribution < -0.4 is 48.1 Å². The predicted molar refractivity (Wildman–Crippen MR) is 434 cm³/mol.